The fraction of sp³-hybridized carbons (Fsp3) is 0.385. The minimum Gasteiger partial charge on any atom is -0.478 e. The minimum absolute atomic E-state index is 0.0193. The van der Waals surface area contributed by atoms with Gasteiger partial charge in [0.25, 0.3) is 0 Å². The van der Waals surface area contributed by atoms with Crippen LogP contribution in [-0.2, 0) is 9.47 Å². The summed E-state index contributed by atoms with van der Waals surface area (Å²) in [5.41, 5.74) is 0.386. The summed E-state index contributed by atoms with van der Waals surface area (Å²) in [5.74, 6) is -1.12. The third-order valence-corrected chi connectivity index (χ3v) is 2.73. The molecule has 1 aromatic carbocycles. The Kier molecular flexibility index (Phi) is 7.52. The standard InChI is InChI=1S/C13H17ClN2O5/c1-20-6-7-21-5-4-15-13(19)16-9-2-3-10(12(17)18)11(14)8-9/h2-3,8H,4-7H2,1H3,(H,17,18)(H2,15,16,19). The summed E-state index contributed by atoms with van der Waals surface area (Å²) in [6.07, 6.45) is 0. The fourth-order valence-corrected chi connectivity index (χ4v) is 1.68. The number of carbonyl (C=O) groups is 2. The zero-order chi connectivity index (χ0) is 15.7. The van der Waals surface area contributed by atoms with Gasteiger partial charge in [-0.3, -0.25) is 0 Å². The molecule has 3 N–H and O–H groups in total. The van der Waals surface area contributed by atoms with Crippen LogP contribution in [0.5, 0.6) is 0 Å². The molecule has 0 radical (unpaired) electrons. The second-order valence-corrected chi connectivity index (χ2v) is 4.39. The van der Waals surface area contributed by atoms with Crippen LogP contribution in [0.3, 0.4) is 0 Å². The van der Waals surface area contributed by atoms with Crippen molar-refractivity contribution in [2.24, 2.45) is 0 Å². The summed E-state index contributed by atoms with van der Waals surface area (Å²) in [6.45, 7) is 1.68. The molecule has 1 aromatic rings. The molecule has 116 valence electrons. The molecular weight excluding hydrogens is 300 g/mol. The van der Waals surface area contributed by atoms with Crippen LogP contribution < -0.4 is 10.6 Å². The second kappa shape index (κ2) is 9.17. The molecule has 7 nitrogen and oxygen atoms in total. The van der Waals surface area contributed by atoms with Crippen LogP contribution in [0.4, 0.5) is 10.5 Å². The molecule has 0 saturated carbocycles. The lowest BCUT2D eigenvalue weighted by molar-refractivity contribution is 0.0697. The average molecular weight is 317 g/mol. The number of hydrogen-bond acceptors (Lipinski definition) is 4. The molecule has 0 aliphatic rings. The molecule has 8 heteroatoms. The Labute approximate surface area is 127 Å². The number of carboxylic acids is 1. The third kappa shape index (κ3) is 6.44. The minimum atomic E-state index is -1.12. The summed E-state index contributed by atoms with van der Waals surface area (Å²) in [7, 11) is 1.58. The van der Waals surface area contributed by atoms with E-state index in [-0.39, 0.29) is 10.6 Å². The van der Waals surface area contributed by atoms with E-state index < -0.39 is 12.0 Å². The number of nitrogens with one attached hydrogen (secondary N) is 2. The SMILES string of the molecule is COCCOCCNC(=O)Nc1ccc(C(=O)O)c(Cl)c1. The van der Waals surface area contributed by atoms with E-state index in [1.54, 1.807) is 7.11 Å². The van der Waals surface area contributed by atoms with Crippen molar-refractivity contribution in [2.75, 3.05) is 38.8 Å². The first kappa shape index (κ1) is 17.2. The largest absolute Gasteiger partial charge is 0.478 e. The lowest BCUT2D eigenvalue weighted by atomic mass is 10.2. The molecule has 21 heavy (non-hydrogen) atoms. The Morgan fingerprint density at radius 2 is 2.05 bits per heavy atom. The molecule has 0 aromatic heterocycles. The summed E-state index contributed by atoms with van der Waals surface area (Å²) in [4.78, 5) is 22.4. The topological polar surface area (TPSA) is 96.9 Å². The van der Waals surface area contributed by atoms with Gasteiger partial charge in [-0.2, -0.15) is 0 Å². The molecule has 0 atom stereocenters. The lowest BCUT2D eigenvalue weighted by Gasteiger charge is -2.09. The Morgan fingerprint density at radius 3 is 2.67 bits per heavy atom. The van der Waals surface area contributed by atoms with E-state index in [0.29, 0.717) is 32.1 Å². The van der Waals surface area contributed by atoms with Gasteiger partial charge in [0.05, 0.1) is 30.4 Å². The first-order chi connectivity index (χ1) is 10.0. The van der Waals surface area contributed by atoms with Crippen molar-refractivity contribution >= 4 is 29.3 Å². The van der Waals surface area contributed by atoms with Gasteiger partial charge in [-0.1, -0.05) is 11.6 Å². The third-order valence-electron chi connectivity index (χ3n) is 2.42. The number of halogens is 1. The quantitative estimate of drug-likeness (QED) is 0.636. The van der Waals surface area contributed by atoms with Gasteiger partial charge < -0.3 is 25.2 Å². The molecule has 0 saturated heterocycles. The summed E-state index contributed by atoms with van der Waals surface area (Å²) >= 11 is 5.80. The highest BCUT2D eigenvalue weighted by atomic mass is 35.5. The number of rotatable bonds is 8. The molecule has 0 unspecified atom stereocenters. The summed E-state index contributed by atoms with van der Waals surface area (Å²) in [5, 5.41) is 14.0. The monoisotopic (exact) mass is 316 g/mol. The number of carbonyl (C=O) groups excluding carboxylic acids is 1. The molecule has 0 spiro atoms. The van der Waals surface area contributed by atoms with E-state index in [1.807, 2.05) is 0 Å². The first-order valence-electron chi connectivity index (χ1n) is 6.19. The lowest BCUT2D eigenvalue weighted by Crippen LogP contribution is -2.31. The molecule has 0 aliphatic carbocycles. The number of carboxylic acid groups (broad SMARTS) is 1. The second-order valence-electron chi connectivity index (χ2n) is 3.99. The first-order valence-corrected chi connectivity index (χ1v) is 6.56. The Balaban J connectivity index is 2.34. The highest BCUT2D eigenvalue weighted by Gasteiger charge is 2.09. The molecule has 2 amide bonds. The smallest absolute Gasteiger partial charge is 0.337 e. The number of methoxy groups -OCH3 is 1. The van der Waals surface area contributed by atoms with E-state index in [9.17, 15) is 9.59 Å². The maximum Gasteiger partial charge on any atom is 0.337 e. The van der Waals surface area contributed by atoms with Crippen LogP contribution in [0.1, 0.15) is 10.4 Å². The van der Waals surface area contributed by atoms with Crippen molar-refractivity contribution in [1.82, 2.24) is 5.32 Å². The van der Waals surface area contributed by atoms with Crippen molar-refractivity contribution < 1.29 is 24.2 Å². The van der Waals surface area contributed by atoms with Crippen molar-refractivity contribution in [3.63, 3.8) is 0 Å². The van der Waals surface area contributed by atoms with E-state index in [0.717, 1.165) is 0 Å². The highest BCUT2D eigenvalue weighted by Crippen LogP contribution is 2.20. The Hall–Kier alpha value is -1.83. The Morgan fingerprint density at radius 1 is 1.29 bits per heavy atom. The van der Waals surface area contributed by atoms with E-state index >= 15 is 0 Å². The molecule has 0 fully saturated rings. The Bertz CT molecular complexity index is 495. The molecule has 1 rings (SSSR count). The highest BCUT2D eigenvalue weighted by molar-refractivity contribution is 6.33. The number of amides is 2. The van der Waals surface area contributed by atoms with Crippen LogP contribution in [0, 0.1) is 0 Å². The normalized spacial score (nSPS) is 10.2. The van der Waals surface area contributed by atoms with E-state index in [4.69, 9.17) is 26.2 Å². The zero-order valence-corrected chi connectivity index (χ0v) is 12.3. The van der Waals surface area contributed by atoms with E-state index in [2.05, 4.69) is 10.6 Å². The maximum atomic E-state index is 11.6. The van der Waals surface area contributed by atoms with Crippen LogP contribution >= 0.6 is 11.6 Å². The molecule has 0 aliphatic heterocycles. The van der Waals surface area contributed by atoms with Gasteiger partial charge in [0.2, 0.25) is 0 Å². The number of aromatic carboxylic acids is 1. The fourth-order valence-electron chi connectivity index (χ4n) is 1.42. The number of hydrogen-bond donors (Lipinski definition) is 3. The van der Waals surface area contributed by atoms with Crippen LogP contribution in [0.2, 0.25) is 5.02 Å². The summed E-state index contributed by atoms with van der Waals surface area (Å²) < 4.78 is 9.99. The average Bonchev–Trinajstić information content (AvgIpc) is 2.42. The molecule has 0 bridgehead atoms. The maximum absolute atomic E-state index is 11.6. The van der Waals surface area contributed by atoms with Crippen molar-refractivity contribution in [3.8, 4) is 0 Å². The van der Waals surface area contributed by atoms with Gasteiger partial charge in [0, 0.05) is 19.3 Å². The van der Waals surface area contributed by atoms with Crippen LogP contribution in [-0.4, -0.2) is 50.6 Å². The van der Waals surface area contributed by atoms with Gasteiger partial charge in [-0.25, -0.2) is 9.59 Å². The predicted octanol–water partition coefficient (Wildman–Crippen LogP) is 1.82. The number of benzene rings is 1. The van der Waals surface area contributed by atoms with Crippen molar-refractivity contribution in [3.05, 3.63) is 28.8 Å². The van der Waals surface area contributed by atoms with Gasteiger partial charge in [0.1, 0.15) is 0 Å². The van der Waals surface area contributed by atoms with Crippen molar-refractivity contribution in [2.45, 2.75) is 0 Å². The van der Waals surface area contributed by atoms with Crippen LogP contribution in [0.15, 0.2) is 18.2 Å². The van der Waals surface area contributed by atoms with Gasteiger partial charge in [0.15, 0.2) is 0 Å². The van der Waals surface area contributed by atoms with Gasteiger partial charge in [-0.05, 0) is 18.2 Å². The van der Waals surface area contributed by atoms with Gasteiger partial charge >= 0.3 is 12.0 Å². The molecule has 0 heterocycles. The zero-order valence-electron chi connectivity index (χ0n) is 11.5. The predicted molar refractivity (Wildman–Crippen MR) is 78.1 cm³/mol. The number of anilines is 1. The number of ether oxygens (including phenoxy) is 2. The van der Waals surface area contributed by atoms with Crippen molar-refractivity contribution in [1.29, 1.82) is 0 Å². The van der Waals surface area contributed by atoms with E-state index in [1.165, 1.54) is 18.2 Å². The molecular formula is C13H17ClN2O5. The number of urea groups is 1. The van der Waals surface area contributed by atoms with Gasteiger partial charge in [-0.15, -0.1) is 0 Å². The van der Waals surface area contributed by atoms with Crippen LogP contribution in [0.25, 0.3) is 0 Å². The summed E-state index contributed by atoms with van der Waals surface area (Å²) in [6, 6.07) is 3.74.